The lowest BCUT2D eigenvalue weighted by molar-refractivity contribution is -0.970. The normalized spacial score (nSPS) is 19.4. The molecule has 0 aromatic carbocycles. The van der Waals surface area contributed by atoms with Gasteiger partial charge in [0.25, 0.3) is 0 Å². The number of hydrogen-bond donors (Lipinski definition) is 6. The highest BCUT2D eigenvalue weighted by Crippen LogP contribution is 2.19. The maximum atomic E-state index is 12.0. The zero-order valence-electron chi connectivity index (χ0n) is 20.2. The van der Waals surface area contributed by atoms with E-state index < -0.39 is 0 Å². The number of ketones is 1. The summed E-state index contributed by atoms with van der Waals surface area (Å²) in [5.41, 5.74) is 0. The molecule has 190 valence electrons. The highest BCUT2D eigenvalue weighted by molar-refractivity contribution is 5.96. The van der Waals surface area contributed by atoms with Crippen LogP contribution in [0.2, 0.25) is 0 Å². The van der Waals surface area contributed by atoms with Crippen molar-refractivity contribution in [2.45, 2.75) is 45.1 Å². The molecule has 1 saturated heterocycles. The first-order valence-corrected chi connectivity index (χ1v) is 11.9. The van der Waals surface area contributed by atoms with Gasteiger partial charge in [0.05, 0.1) is 19.6 Å². The average Bonchev–Trinajstić information content (AvgIpc) is 2.73. The summed E-state index contributed by atoms with van der Waals surface area (Å²) < 4.78 is 0.778. The summed E-state index contributed by atoms with van der Waals surface area (Å²) >= 11 is 0. The van der Waals surface area contributed by atoms with Crippen molar-refractivity contribution in [3.8, 4) is 0 Å². The zero-order chi connectivity index (χ0) is 24.5. The fraction of sp³-hybridized carbons (Fsp3) is 0.818. The zero-order valence-corrected chi connectivity index (χ0v) is 20.2. The molecule has 1 heterocycles. The van der Waals surface area contributed by atoms with Crippen LogP contribution in [-0.2, 0) is 19.2 Å². The van der Waals surface area contributed by atoms with E-state index in [9.17, 15) is 24.3 Å². The third-order valence-electron chi connectivity index (χ3n) is 5.69. The summed E-state index contributed by atoms with van der Waals surface area (Å²) in [4.78, 5) is 46.4. The number of Topliss-reactive ketones (excluding diaryl/α,β-unsaturated/α-hetero) is 1. The molecule has 11 nitrogen and oxygen atoms in total. The van der Waals surface area contributed by atoms with E-state index in [1.54, 1.807) is 6.92 Å². The molecule has 0 aromatic rings. The molecular weight excluding hydrogens is 428 g/mol. The van der Waals surface area contributed by atoms with Crippen LogP contribution in [0.4, 0.5) is 0 Å². The van der Waals surface area contributed by atoms with Crippen LogP contribution in [0.15, 0.2) is 0 Å². The number of nitrogens with zero attached hydrogens (tertiary/aromatic N) is 1. The number of aliphatic hydroxyl groups is 1. The van der Waals surface area contributed by atoms with Crippen LogP contribution < -0.4 is 26.6 Å². The Morgan fingerprint density at radius 3 is 1.91 bits per heavy atom. The van der Waals surface area contributed by atoms with Crippen LogP contribution >= 0.6 is 0 Å². The maximum Gasteiger partial charge on any atom is 0.229 e. The van der Waals surface area contributed by atoms with Crippen molar-refractivity contribution < 1.29 is 28.8 Å². The van der Waals surface area contributed by atoms with Gasteiger partial charge in [0.2, 0.25) is 17.7 Å². The van der Waals surface area contributed by atoms with Gasteiger partial charge in [-0.25, -0.2) is 0 Å². The van der Waals surface area contributed by atoms with Crippen molar-refractivity contribution in [2.75, 3.05) is 72.5 Å². The van der Waals surface area contributed by atoms with E-state index in [1.165, 1.54) is 0 Å². The lowest BCUT2D eigenvalue weighted by atomic mass is 10.1. The number of aliphatic hydroxyl groups excluding tert-OH is 1. The minimum atomic E-state index is -0.327. The second-order valence-electron chi connectivity index (χ2n) is 8.80. The molecule has 6 N–H and O–H groups in total. The van der Waals surface area contributed by atoms with E-state index in [-0.39, 0.29) is 36.0 Å². The Morgan fingerprint density at radius 2 is 1.33 bits per heavy atom. The van der Waals surface area contributed by atoms with E-state index in [0.29, 0.717) is 65.1 Å². The summed E-state index contributed by atoms with van der Waals surface area (Å²) in [6, 6.07) is 0. The van der Waals surface area contributed by atoms with Crippen LogP contribution in [0, 0.1) is 0 Å². The molecule has 1 aliphatic heterocycles. The van der Waals surface area contributed by atoms with Gasteiger partial charge in [0.1, 0.15) is 25.3 Å². The lowest BCUT2D eigenvalue weighted by Crippen LogP contribution is -2.69. The first-order valence-electron chi connectivity index (χ1n) is 11.9. The molecular formula is C22H43N6O5+. The molecule has 11 heteroatoms. The van der Waals surface area contributed by atoms with E-state index in [2.05, 4.69) is 26.6 Å². The second kappa shape index (κ2) is 16.5. The van der Waals surface area contributed by atoms with Gasteiger partial charge < -0.3 is 41.0 Å². The Morgan fingerprint density at radius 1 is 0.788 bits per heavy atom. The highest BCUT2D eigenvalue weighted by Gasteiger charge is 2.42. The quantitative estimate of drug-likeness (QED) is 0.0716. The number of nitrogens with one attached hydrogen (secondary N) is 5. The summed E-state index contributed by atoms with van der Waals surface area (Å²) in [6.07, 6.45) is 1.90. The number of amides is 3. The van der Waals surface area contributed by atoms with E-state index in [4.69, 9.17) is 0 Å². The molecule has 1 rings (SSSR count). The monoisotopic (exact) mass is 471 g/mol. The summed E-state index contributed by atoms with van der Waals surface area (Å²) in [7, 11) is 1.89. The SMILES string of the molecule is CNCC[N+]1(CCNC(=O)CC(=O)NCCNCCNC(=O)CCCCC(C)=O)CC(O)C1. The third kappa shape index (κ3) is 13.9. The number of hydrogen-bond acceptors (Lipinski definition) is 7. The van der Waals surface area contributed by atoms with Crippen molar-refractivity contribution in [2.24, 2.45) is 0 Å². The molecule has 1 fully saturated rings. The van der Waals surface area contributed by atoms with Crippen LogP contribution in [0.1, 0.15) is 39.0 Å². The number of carbonyl (C=O) groups is 4. The average molecular weight is 472 g/mol. The molecule has 0 bridgehead atoms. The van der Waals surface area contributed by atoms with Crippen LogP contribution in [0.5, 0.6) is 0 Å². The Labute approximate surface area is 197 Å². The third-order valence-corrected chi connectivity index (χ3v) is 5.69. The Hall–Kier alpha value is -2.08. The van der Waals surface area contributed by atoms with Crippen molar-refractivity contribution in [3.05, 3.63) is 0 Å². The number of likely N-dealkylation sites (tertiary alicyclic amines) is 1. The van der Waals surface area contributed by atoms with Crippen LogP contribution in [0.25, 0.3) is 0 Å². The van der Waals surface area contributed by atoms with Crippen LogP contribution in [-0.4, -0.2) is 112 Å². The summed E-state index contributed by atoms with van der Waals surface area (Å²) in [5.74, 6) is -0.517. The molecule has 0 aliphatic carbocycles. The Bertz CT molecular complexity index is 624. The van der Waals surface area contributed by atoms with Gasteiger partial charge in [-0.15, -0.1) is 0 Å². The van der Waals surface area contributed by atoms with Gasteiger partial charge in [-0.3, -0.25) is 14.4 Å². The van der Waals surface area contributed by atoms with Gasteiger partial charge >= 0.3 is 0 Å². The van der Waals surface area contributed by atoms with E-state index in [1.807, 2.05) is 7.05 Å². The fourth-order valence-electron chi connectivity index (χ4n) is 3.82. The number of quaternary nitrogens is 1. The minimum absolute atomic E-state index is 0.0279. The largest absolute Gasteiger partial charge is 0.382 e. The lowest BCUT2D eigenvalue weighted by Gasteiger charge is -2.48. The molecule has 0 aromatic heterocycles. The summed E-state index contributed by atoms with van der Waals surface area (Å²) in [6.45, 7) is 7.94. The standard InChI is InChI=1S/C22H42N6O5/c1-18(29)5-3-4-6-20(31)25-9-7-24-8-10-26-21(32)15-22(33)27-12-14-28(13-11-23-2)16-19(30)17-28/h19,23-24,30H,3-17H2,1-2H3,(H2-,25,26,27,31,32,33)/p+1. The van der Waals surface area contributed by atoms with Gasteiger partial charge in [-0.2, -0.15) is 0 Å². The Kier molecular flexibility index (Phi) is 14.5. The first kappa shape index (κ1) is 29.0. The summed E-state index contributed by atoms with van der Waals surface area (Å²) in [5, 5.41) is 24.1. The molecule has 0 spiro atoms. The first-order chi connectivity index (χ1) is 15.8. The maximum absolute atomic E-state index is 12.0. The van der Waals surface area contributed by atoms with E-state index >= 15 is 0 Å². The highest BCUT2D eigenvalue weighted by atomic mass is 16.3. The van der Waals surface area contributed by atoms with Crippen molar-refractivity contribution in [1.29, 1.82) is 0 Å². The van der Waals surface area contributed by atoms with Gasteiger partial charge in [-0.1, -0.05) is 0 Å². The van der Waals surface area contributed by atoms with Crippen molar-refractivity contribution in [1.82, 2.24) is 26.6 Å². The predicted molar refractivity (Wildman–Crippen MR) is 125 cm³/mol. The molecule has 3 amide bonds. The second-order valence-corrected chi connectivity index (χ2v) is 8.80. The van der Waals surface area contributed by atoms with Crippen molar-refractivity contribution in [3.63, 3.8) is 0 Å². The minimum Gasteiger partial charge on any atom is -0.382 e. The molecule has 33 heavy (non-hydrogen) atoms. The molecule has 0 saturated carbocycles. The van der Waals surface area contributed by atoms with E-state index in [0.717, 1.165) is 30.5 Å². The number of unbranched alkanes of at least 4 members (excludes halogenated alkanes) is 1. The fourth-order valence-corrected chi connectivity index (χ4v) is 3.82. The number of carbonyl (C=O) groups excluding carboxylic acids is 4. The molecule has 1 aliphatic rings. The number of likely N-dealkylation sites (N-methyl/N-ethyl adjacent to an activating group) is 1. The Balaban J connectivity index is 1.99. The van der Waals surface area contributed by atoms with Gasteiger partial charge in [0.15, 0.2) is 6.10 Å². The van der Waals surface area contributed by atoms with Crippen LogP contribution in [0.3, 0.4) is 0 Å². The molecule has 0 radical (unpaired) electrons. The van der Waals surface area contributed by atoms with Gasteiger partial charge in [0, 0.05) is 45.6 Å². The smallest absolute Gasteiger partial charge is 0.229 e. The van der Waals surface area contributed by atoms with Gasteiger partial charge in [-0.05, 0) is 26.8 Å². The topological polar surface area (TPSA) is 149 Å². The predicted octanol–water partition coefficient (Wildman–Crippen LogP) is -2.13. The number of rotatable bonds is 19. The molecule has 0 unspecified atom stereocenters. The molecule has 0 atom stereocenters. The van der Waals surface area contributed by atoms with Crippen molar-refractivity contribution >= 4 is 23.5 Å².